The van der Waals surface area contributed by atoms with Crippen molar-refractivity contribution >= 4 is 32.5 Å². The van der Waals surface area contributed by atoms with E-state index < -0.39 is 40.7 Å². The Labute approximate surface area is 132 Å². The van der Waals surface area contributed by atoms with Crippen LogP contribution in [0.15, 0.2) is 47.4 Å². The Morgan fingerprint density at radius 3 is 2.52 bits per heavy atom. The van der Waals surface area contributed by atoms with Crippen LogP contribution < -0.4 is 4.72 Å². The number of carbonyl (C=O) groups excluding carboxylic acids is 2. The van der Waals surface area contributed by atoms with E-state index in [1.54, 1.807) is 18.2 Å². The van der Waals surface area contributed by atoms with E-state index in [-0.39, 0.29) is 4.90 Å². The van der Waals surface area contributed by atoms with Crippen molar-refractivity contribution in [1.29, 1.82) is 0 Å². The summed E-state index contributed by atoms with van der Waals surface area (Å²) in [4.78, 5) is 23.2. The SMILES string of the molecule is O=C1CN(O)C(=O)CC1NS(=O)(=O)c1ccc2ccccc2c1. The van der Waals surface area contributed by atoms with Gasteiger partial charge in [0.15, 0.2) is 5.78 Å². The number of carbonyl (C=O) groups is 2. The molecule has 1 aliphatic heterocycles. The zero-order chi connectivity index (χ0) is 16.6. The molecule has 1 fully saturated rings. The van der Waals surface area contributed by atoms with Crippen LogP contribution in [-0.2, 0) is 19.6 Å². The van der Waals surface area contributed by atoms with Gasteiger partial charge in [-0.3, -0.25) is 14.8 Å². The molecule has 1 unspecified atom stereocenters. The van der Waals surface area contributed by atoms with E-state index in [1.165, 1.54) is 12.1 Å². The number of piperidine rings is 1. The average Bonchev–Trinajstić information content (AvgIpc) is 2.52. The van der Waals surface area contributed by atoms with Crippen LogP contribution in [-0.4, -0.2) is 43.0 Å². The van der Waals surface area contributed by atoms with Crippen molar-refractivity contribution in [3.05, 3.63) is 42.5 Å². The Morgan fingerprint density at radius 2 is 1.78 bits per heavy atom. The number of amides is 1. The molecule has 1 saturated heterocycles. The van der Waals surface area contributed by atoms with Gasteiger partial charge < -0.3 is 0 Å². The number of ketones is 1. The zero-order valence-corrected chi connectivity index (χ0v) is 12.8. The summed E-state index contributed by atoms with van der Waals surface area (Å²) in [5, 5.41) is 11.1. The lowest BCUT2D eigenvalue weighted by Gasteiger charge is -2.26. The Balaban J connectivity index is 1.88. The molecule has 2 N–H and O–H groups in total. The van der Waals surface area contributed by atoms with Gasteiger partial charge in [0, 0.05) is 0 Å². The molecular formula is C15H14N2O5S. The van der Waals surface area contributed by atoms with Gasteiger partial charge in [0.25, 0.3) is 0 Å². The maximum Gasteiger partial charge on any atom is 0.248 e. The van der Waals surface area contributed by atoms with Crippen LogP contribution in [0.2, 0.25) is 0 Å². The van der Waals surface area contributed by atoms with Gasteiger partial charge >= 0.3 is 0 Å². The number of nitrogens with one attached hydrogen (secondary N) is 1. The van der Waals surface area contributed by atoms with Crippen LogP contribution in [0.5, 0.6) is 0 Å². The second-order valence-corrected chi connectivity index (χ2v) is 7.02. The normalized spacial score (nSPS) is 19.3. The Kier molecular flexibility index (Phi) is 3.88. The van der Waals surface area contributed by atoms with Crippen molar-refractivity contribution in [1.82, 2.24) is 9.79 Å². The van der Waals surface area contributed by atoms with Gasteiger partial charge in [-0.2, -0.15) is 0 Å². The molecule has 1 aliphatic rings. The summed E-state index contributed by atoms with van der Waals surface area (Å²) in [5.41, 5.74) is 0. The standard InChI is InChI=1S/C15H14N2O5S/c18-14-9-17(20)15(19)8-13(14)16-23(21,22)12-6-5-10-3-1-2-4-11(10)7-12/h1-7,13,16,20H,8-9H2. The minimum Gasteiger partial charge on any atom is -0.296 e. The number of fused-ring (bicyclic) bond motifs is 1. The average molecular weight is 334 g/mol. The molecule has 1 heterocycles. The summed E-state index contributed by atoms with van der Waals surface area (Å²) < 4.78 is 27.1. The van der Waals surface area contributed by atoms with Gasteiger partial charge in [0.1, 0.15) is 6.54 Å². The molecule has 0 saturated carbocycles. The maximum atomic E-state index is 12.4. The van der Waals surface area contributed by atoms with Crippen molar-refractivity contribution in [3.63, 3.8) is 0 Å². The molecule has 120 valence electrons. The highest BCUT2D eigenvalue weighted by Gasteiger charge is 2.35. The number of hydroxylamine groups is 2. The molecule has 0 aliphatic carbocycles. The highest BCUT2D eigenvalue weighted by Crippen LogP contribution is 2.20. The summed E-state index contributed by atoms with van der Waals surface area (Å²) in [7, 11) is -3.95. The molecule has 2 aromatic rings. The molecule has 0 bridgehead atoms. The highest BCUT2D eigenvalue weighted by molar-refractivity contribution is 7.89. The maximum absolute atomic E-state index is 12.4. The first-order chi connectivity index (χ1) is 10.9. The minimum absolute atomic E-state index is 0.0166. The van der Waals surface area contributed by atoms with Crippen molar-refractivity contribution in [2.75, 3.05) is 6.54 Å². The zero-order valence-electron chi connectivity index (χ0n) is 12.0. The number of hydrogen-bond donors (Lipinski definition) is 2. The van der Waals surface area contributed by atoms with Crippen LogP contribution in [0.25, 0.3) is 10.8 Å². The van der Waals surface area contributed by atoms with Crippen molar-refractivity contribution < 1.29 is 23.2 Å². The Hall–Kier alpha value is -2.29. The summed E-state index contributed by atoms with van der Waals surface area (Å²) in [5.74, 6) is -1.26. The fraction of sp³-hybridized carbons (Fsp3) is 0.200. The molecule has 8 heteroatoms. The number of hydrogen-bond acceptors (Lipinski definition) is 5. The third kappa shape index (κ3) is 3.09. The first-order valence-electron chi connectivity index (χ1n) is 6.90. The number of sulfonamides is 1. The van der Waals surface area contributed by atoms with E-state index in [0.717, 1.165) is 10.8 Å². The van der Waals surface area contributed by atoms with E-state index in [9.17, 15) is 23.2 Å². The minimum atomic E-state index is -3.95. The molecule has 0 aromatic heterocycles. The Morgan fingerprint density at radius 1 is 1.09 bits per heavy atom. The number of rotatable bonds is 3. The smallest absolute Gasteiger partial charge is 0.248 e. The van der Waals surface area contributed by atoms with E-state index in [0.29, 0.717) is 5.06 Å². The van der Waals surface area contributed by atoms with Gasteiger partial charge in [-0.25, -0.2) is 18.2 Å². The van der Waals surface area contributed by atoms with Crippen LogP contribution in [0.4, 0.5) is 0 Å². The molecule has 1 atom stereocenters. The van der Waals surface area contributed by atoms with E-state index >= 15 is 0 Å². The molecule has 0 spiro atoms. The number of Topliss-reactive ketones (excluding diaryl/α,β-unsaturated/α-hetero) is 1. The number of nitrogens with zero attached hydrogens (tertiary/aromatic N) is 1. The Bertz CT molecular complexity index is 894. The molecule has 2 aromatic carbocycles. The fourth-order valence-corrected chi connectivity index (χ4v) is 3.69. The summed E-state index contributed by atoms with van der Waals surface area (Å²) in [6, 6.07) is 10.7. The van der Waals surface area contributed by atoms with E-state index in [4.69, 9.17) is 0 Å². The van der Waals surface area contributed by atoms with Crippen LogP contribution >= 0.6 is 0 Å². The predicted molar refractivity (Wildman–Crippen MR) is 81.2 cm³/mol. The number of benzene rings is 2. The third-order valence-electron chi connectivity index (χ3n) is 3.69. The molecular weight excluding hydrogens is 320 g/mol. The first-order valence-corrected chi connectivity index (χ1v) is 8.38. The first kappa shape index (κ1) is 15.6. The second kappa shape index (κ2) is 5.73. The monoisotopic (exact) mass is 334 g/mol. The van der Waals surface area contributed by atoms with Crippen LogP contribution in [0.1, 0.15) is 6.42 Å². The fourth-order valence-electron chi connectivity index (χ4n) is 2.44. The predicted octanol–water partition coefficient (Wildman–Crippen LogP) is 0.677. The van der Waals surface area contributed by atoms with Gasteiger partial charge in [0.05, 0.1) is 17.4 Å². The van der Waals surface area contributed by atoms with Crippen LogP contribution in [0, 0.1) is 0 Å². The lowest BCUT2D eigenvalue weighted by Crippen LogP contribution is -2.52. The third-order valence-corrected chi connectivity index (χ3v) is 5.16. The topological polar surface area (TPSA) is 104 Å². The van der Waals surface area contributed by atoms with E-state index in [2.05, 4.69) is 4.72 Å². The van der Waals surface area contributed by atoms with Crippen LogP contribution in [0.3, 0.4) is 0 Å². The van der Waals surface area contributed by atoms with E-state index in [1.807, 2.05) is 12.1 Å². The molecule has 1 amide bonds. The quantitative estimate of drug-likeness (QED) is 0.803. The largest absolute Gasteiger partial charge is 0.296 e. The summed E-state index contributed by atoms with van der Waals surface area (Å²) in [6.45, 7) is -0.524. The molecule has 0 radical (unpaired) electrons. The molecule has 3 rings (SSSR count). The summed E-state index contributed by atoms with van der Waals surface area (Å²) >= 11 is 0. The lowest BCUT2D eigenvalue weighted by atomic mass is 10.1. The van der Waals surface area contributed by atoms with Crippen molar-refractivity contribution in [2.24, 2.45) is 0 Å². The highest BCUT2D eigenvalue weighted by atomic mass is 32.2. The van der Waals surface area contributed by atoms with Crippen molar-refractivity contribution in [2.45, 2.75) is 17.4 Å². The molecule has 7 nitrogen and oxygen atoms in total. The lowest BCUT2D eigenvalue weighted by molar-refractivity contribution is -0.174. The summed E-state index contributed by atoms with van der Waals surface area (Å²) in [6.07, 6.45) is -0.401. The van der Waals surface area contributed by atoms with Crippen molar-refractivity contribution in [3.8, 4) is 0 Å². The van der Waals surface area contributed by atoms with Gasteiger partial charge in [-0.1, -0.05) is 30.3 Å². The second-order valence-electron chi connectivity index (χ2n) is 5.30. The van der Waals surface area contributed by atoms with Gasteiger partial charge in [-0.05, 0) is 22.9 Å². The van der Waals surface area contributed by atoms with Gasteiger partial charge in [0.2, 0.25) is 15.9 Å². The van der Waals surface area contributed by atoms with Gasteiger partial charge in [-0.15, -0.1) is 0 Å². The molecule has 23 heavy (non-hydrogen) atoms.